The molecular weight excluding hydrogens is 396 g/mol. The maximum atomic E-state index is 13.4. The molecule has 3 heterocycles. The third kappa shape index (κ3) is 2.21. The second kappa shape index (κ2) is 6.56. The summed E-state index contributed by atoms with van der Waals surface area (Å²) in [6.07, 6.45) is 4.52. The highest BCUT2D eigenvalue weighted by atomic mass is 16.6. The van der Waals surface area contributed by atoms with Crippen molar-refractivity contribution in [1.82, 2.24) is 4.90 Å². The minimum atomic E-state index is -2.03. The zero-order valence-corrected chi connectivity index (χ0v) is 18.5. The highest BCUT2D eigenvalue weighted by Gasteiger charge is 2.80. The van der Waals surface area contributed by atoms with Crippen LogP contribution in [0.15, 0.2) is 36.4 Å². The zero-order valence-electron chi connectivity index (χ0n) is 18.5. The van der Waals surface area contributed by atoms with Crippen molar-refractivity contribution in [3.8, 4) is 0 Å². The van der Waals surface area contributed by atoms with Crippen molar-refractivity contribution in [3.05, 3.63) is 42.0 Å². The van der Waals surface area contributed by atoms with E-state index >= 15 is 0 Å². The summed E-state index contributed by atoms with van der Waals surface area (Å²) in [6, 6.07) is 7.53. The van der Waals surface area contributed by atoms with Crippen molar-refractivity contribution in [2.24, 2.45) is 5.41 Å². The van der Waals surface area contributed by atoms with Crippen LogP contribution in [0.2, 0.25) is 0 Å². The number of rotatable bonds is 3. The number of benzene rings is 1. The lowest BCUT2D eigenvalue weighted by Crippen LogP contribution is -2.81. The Labute approximate surface area is 182 Å². The van der Waals surface area contributed by atoms with E-state index in [4.69, 9.17) is 9.47 Å². The van der Waals surface area contributed by atoms with E-state index < -0.39 is 40.5 Å². The molecule has 1 spiro atoms. The second-order valence-corrected chi connectivity index (χ2v) is 9.39. The van der Waals surface area contributed by atoms with Crippen LogP contribution in [-0.2, 0) is 24.5 Å². The number of methoxy groups -OCH3 is 1. The number of aliphatic hydroxyl groups is 1. The third-order valence-electron chi connectivity index (χ3n) is 8.32. The number of carbonyl (C=O) groups excluding carboxylic acids is 2. The average molecular weight is 427 g/mol. The summed E-state index contributed by atoms with van der Waals surface area (Å²) in [4.78, 5) is 30.1. The summed E-state index contributed by atoms with van der Waals surface area (Å²) < 4.78 is 11.1. The number of hydrogen-bond acceptors (Lipinski definition) is 7. The molecule has 0 bridgehead atoms. The summed E-state index contributed by atoms with van der Waals surface area (Å²) in [6.45, 7) is 5.02. The largest absolute Gasteiger partial charge is 0.467 e. The fraction of sp³-hybridized carbons (Fsp3) is 0.583. The van der Waals surface area contributed by atoms with Gasteiger partial charge in [-0.3, -0.25) is 9.69 Å². The fourth-order valence-electron chi connectivity index (χ4n) is 7.53. The van der Waals surface area contributed by atoms with Gasteiger partial charge >= 0.3 is 11.9 Å². The topological polar surface area (TPSA) is 79.3 Å². The van der Waals surface area contributed by atoms with Gasteiger partial charge in [0.05, 0.1) is 13.2 Å². The van der Waals surface area contributed by atoms with Gasteiger partial charge in [-0.25, -0.2) is 4.79 Å². The Morgan fingerprint density at radius 3 is 2.68 bits per heavy atom. The molecule has 0 amide bonds. The molecule has 3 aliphatic heterocycles. The van der Waals surface area contributed by atoms with Gasteiger partial charge in [-0.05, 0) is 31.0 Å². The predicted octanol–water partition coefficient (Wildman–Crippen LogP) is 1.63. The van der Waals surface area contributed by atoms with Gasteiger partial charge in [-0.2, -0.15) is 0 Å². The lowest BCUT2D eigenvalue weighted by Gasteiger charge is -2.63. The van der Waals surface area contributed by atoms with Gasteiger partial charge in [0, 0.05) is 43.1 Å². The molecule has 31 heavy (non-hydrogen) atoms. The molecule has 166 valence electrons. The normalized spacial score (nSPS) is 40.2. The molecule has 5 rings (SSSR count). The monoisotopic (exact) mass is 426 g/mol. The first-order chi connectivity index (χ1) is 14.8. The number of para-hydroxylation sites is 1. The molecule has 1 aromatic rings. The van der Waals surface area contributed by atoms with Gasteiger partial charge in [0.15, 0.2) is 6.10 Å². The first-order valence-corrected chi connectivity index (χ1v) is 11.0. The van der Waals surface area contributed by atoms with Crippen LogP contribution in [0.5, 0.6) is 0 Å². The van der Waals surface area contributed by atoms with Gasteiger partial charge in [-0.1, -0.05) is 37.3 Å². The second-order valence-electron chi connectivity index (χ2n) is 9.39. The Bertz CT molecular complexity index is 978. The quantitative estimate of drug-likeness (QED) is 0.581. The molecule has 1 aromatic carbocycles. The molecule has 1 aliphatic carbocycles. The molecule has 0 unspecified atom stereocenters. The minimum absolute atomic E-state index is 0.0135. The van der Waals surface area contributed by atoms with Crippen LogP contribution >= 0.6 is 0 Å². The zero-order chi connectivity index (χ0) is 22.2. The molecule has 1 saturated heterocycles. The number of hydrogen-bond donors (Lipinski definition) is 1. The summed E-state index contributed by atoms with van der Waals surface area (Å²) in [5.74, 6) is -1.28. The first kappa shape index (κ1) is 20.5. The van der Waals surface area contributed by atoms with Crippen LogP contribution < -0.4 is 4.90 Å². The maximum absolute atomic E-state index is 13.4. The maximum Gasteiger partial charge on any atom is 0.344 e. The van der Waals surface area contributed by atoms with Gasteiger partial charge < -0.3 is 19.5 Å². The smallest absolute Gasteiger partial charge is 0.344 e. The summed E-state index contributed by atoms with van der Waals surface area (Å²) in [5.41, 5.74) is -1.10. The molecule has 1 saturated carbocycles. The van der Waals surface area contributed by atoms with Crippen molar-refractivity contribution in [2.45, 2.75) is 55.9 Å². The van der Waals surface area contributed by atoms with Gasteiger partial charge in [0.1, 0.15) is 0 Å². The molecule has 7 heteroatoms. The number of likely N-dealkylation sites (N-methyl/N-ethyl adjacent to an activating group) is 1. The van der Waals surface area contributed by atoms with E-state index in [1.165, 1.54) is 14.0 Å². The Hall–Kier alpha value is -2.38. The van der Waals surface area contributed by atoms with Crippen LogP contribution in [0, 0.1) is 5.41 Å². The Balaban J connectivity index is 1.87. The number of fused-ring (bicyclic) bond motifs is 1. The number of anilines is 1. The van der Waals surface area contributed by atoms with E-state index in [0.29, 0.717) is 6.42 Å². The highest BCUT2D eigenvalue weighted by molar-refractivity contribution is 5.86. The van der Waals surface area contributed by atoms with Gasteiger partial charge in [0.2, 0.25) is 5.60 Å². The minimum Gasteiger partial charge on any atom is -0.467 e. The number of carbonyl (C=O) groups is 2. The molecule has 4 aliphatic rings. The van der Waals surface area contributed by atoms with E-state index in [1.54, 1.807) is 0 Å². The highest BCUT2D eigenvalue weighted by Crippen LogP contribution is 2.67. The van der Waals surface area contributed by atoms with E-state index in [2.05, 4.69) is 23.1 Å². The van der Waals surface area contributed by atoms with Crippen molar-refractivity contribution >= 4 is 17.6 Å². The third-order valence-corrected chi connectivity index (χ3v) is 8.32. The van der Waals surface area contributed by atoms with Gasteiger partial charge in [0.25, 0.3) is 0 Å². The standard InChI is InChI=1S/C24H30N2O5/c1-5-22-11-8-13-26-14-12-23(18(22)26)16-9-6-7-10-17(16)25(3)19(23)24(29,21(28)30-4)20(22)31-15(2)27/h6-11,18-20,29H,5,12-14H2,1-4H3/t18-,19-,20+,22+,23+,24+/m0/s1. The van der Waals surface area contributed by atoms with E-state index in [1.807, 2.05) is 37.1 Å². The molecule has 0 aromatic heterocycles. The van der Waals surface area contributed by atoms with Crippen molar-refractivity contribution in [3.63, 3.8) is 0 Å². The van der Waals surface area contributed by atoms with Crippen LogP contribution in [0.25, 0.3) is 0 Å². The molecular formula is C24H30N2O5. The summed E-state index contributed by atoms with van der Waals surface area (Å²) in [5, 5.41) is 12.4. The Morgan fingerprint density at radius 1 is 1.26 bits per heavy atom. The fourth-order valence-corrected chi connectivity index (χ4v) is 7.53. The van der Waals surface area contributed by atoms with Crippen LogP contribution in [-0.4, -0.2) is 73.0 Å². The van der Waals surface area contributed by atoms with Crippen molar-refractivity contribution in [1.29, 1.82) is 0 Å². The predicted molar refractivity (Wildman–Crippen MR) is 115 cm³/mol. The summed E-state index contributed by atoms with van der Waals surface area (Å²) in [7, 11) is 3.19. The lowest BCUT2D eigenvalue weighted by atomic mass is 9.47. The van der Waals surface area contributed by atoms with Crippen molar-refractivity contribution < 1.29 is 24.2 Å². The number of ether oxygens (including phenoxy) is 2. The van der Waals surface area contributed by atoms with Crippen LogP contribution in [0.3, 0.4) is 0 Å². The molecule has 6 atom stereocenters. The Kier molecular flexibility index (Phi) is 4.34. The molecule has 7 nitrogen and oxygen atoms in total. The average Bonchev–Trinajstić information content (AvgIpc) is 3.28. The van der Waals surface area contributed by atoms with E-state index in [0.717, 1.165) is 30.8 Å². The van der Waals surface area contributed by atoms with E-state index in [-0.39, 0.29) is 6.04 Å². The molecule has 1 N–H and O–H groups in total. The number of esters is 2. The van der Waals surface area contributed by atoms with Crippen molar-refractivity contribution in [2.75, 3.05) is 32.1 Å². The van der Waals surface area contributed by atoms with Crippen LogP contribution in [0.4, 0.5) is 5.69 Å². The van der Waals surface area contributed by atoms with E-state index in [9.17, 15) is 14.7 Å². The number of nitrogens with zero attached hydrogens (tertiary/aromatic N) is 2. The molecule has 2 fully saturated rings. The van der Waals surface area contributed by atoms with Gasteiger partial charge in [-0.15, -0.1) is 0 Å². The molecule has 0 radical (unpaired) electrons. The SMILES string of the molecule is CC[C@]12C=CCN3CC[C@@]4(c5ccccc5N(C)[C@@H]4[C@](O)(C(=O)OC)[C@@H]1OC(C)=O)[C@@H]32. The lowest BCUT2D eigenvalue weighted by molar-refractivity contribution is -0.228. The van der Waals surface area contributed by atoms with Crippen LogP contribution in [0.1, 0.15) is 32.3 Å². The Morgan fingerprint density at radius 2 is 2.00 bits per heavy atom. The summed E-state index contributed by atoms with van der Waals surface area (Å²) >= 11 is 0. The first-order valence-electron chi connectivity index (χ1n) is 11.0.